The zero-order valence-electron chi connectivity index (χ0n) is 14.8. The van der Waals surface area contributed by atoms with Gasteiger partial charge in [-0.2, -0.15) is 5.10 Å². The molecule has 5 heteroatoms. The van der Waals surface area contributed by atoms with E-state index in [1.54, 1.807) is 12.3 Å². The number of fused-ring (bicyclic) bond motifs is 3. The number of halogens is 1. The quantitative estimate of drug-likeness (QED) is 0.352. The van der Waals surface area contributed by atoms with E-state index in [-0.39, 0.29) is 5.91 Å². The van der Waals surface area contributed by atoms with E-state index < -0.39 is 0 Å². The summed E-state index contributed by atoms with van der Waals surface area (Å²) < 4.78 is 3.05. The van der Waals surface area contributed by atoms with Gasteiger partial charge in [0, 0.05) is 32.8 Å². The Kier molecular flexibility index (Phi) is 4.77. The fraction of sp³-hybridized carbons (Fsp3) is 0.0909. The number of benzene rings is 3. The van der Waals surface area contributed by atoms with Gasteiger partial charge in [0.15, 0.2) is 0 Å². The van der Waals surface area contributed by atoms with Crippen LogP contribution in [0.25, 0.3) is 21.8 Å². The van der Waals surface area contributed by atoms with Crippen molar-refractivity contribution in [3.05, 3.63) is 82.3 Å². The maximum absolute atomic E-state index is 12.2. The van der Waals surface area contributed by atoms with Gasteiger partial charge < -0.3 is 4.57 Å². The van der Waals surface area contributed by atoms with Crippen molar-refractivity contribution in [1.29, 1.82) is 0 Å². The molecule has 3 aromatic carbocycles. The van der Waals surface area contributed by atoms with Gasteiger partial charge >= 0.3 is 0 Å². The molecule has 0 bridgehead atoms. The van der Waals surface area contributed by atoms with E-state index in [0.717, 1.165) is 16.6 Å². The highest BCUT2D eigenvalue weighted by molar-refractivity contribution is 9.10. The number of nitrogens with zero attached hydrogens (tertiary/aromatic N) is 2. The monoisotopic (exact) mass is 419 g/mol. The summed E-state index contributed by atoms with van der Waals surface area (Å²) in [7, 11) is 0. The smallest absolute Gasteiger partial charge is 0.272 e. The average Bonchev–Trinajstić information content (AvgIpc) is 3.01. The Morgan fingerprint density at radius 2 is 1.78 bits per heavy atom. The minimum atomic E-state index is -0.248. The summed E-state index contributed by atoms with van der Waals surface area (Å²) in [5.41, 5.74) is 6.51. The van der Waals surface area contributed by atoms with Crippen LogP contribution in [0.3, 0.4) is 0 Å². The minimum Gasteiger partial charge on any atom is -0.341 e. The van der Waals surface area contributed by atoms with Crippen LogP contribution in [0.4, 0.5) is 0 Å². The number of carbonyl (C=O) groups excluding carboxylic acids is 1. The topological polar surface area (TPSA) is 46.4 Å². The normalized spacial score (nSPS) is 11.5. The number of hydrogen-bond acceptors (Lipinski definition) is 2. The number of aryl methyl sites for hydroxylation is 1. The molecule has 1 amide bonds. The molecule has 0 atom stereocenters. The van der Waals surface area contributed by atoms with Gasteiger partial charge in [0.05, 0.1) is 11.8 Å². The number of hydrogen-bond donors (Lipinski definition) is 1. The van der Waals surface area contributed by atoms with Crippen molar-refractivity contribution in [2.45, 2.75) is 13.5 Å². The van der Waals surface area contributed by atoms with E-state index in [1.165, 1.54) is 21.8 Å². The molecule has 0 fully saturated rings. The molecule has 1 heterocycles. The third-order valence-corrected chi connectivity index (χ3v) is 5.30. The molecule has 0 aliphatic rings. The average molecular weight is 420 g/mol. The number of nitrogens with one attached hydrogen (secondary N) is 1. The SMILES string of the molecule is CCn1c2ccccc2c2cc(/C=N/NC(=O)c3ccccc3Br)ccc21. The second kappa shape index (κ2) is 7.37. The minimum absolute atomic E-state index is 0.248. The lowest BCUT2D eigenvalue weighted by molar-refractivity contribution is 0.0954. The van der Waals surface area contributed by atoms with Crippen LogP contribution in [0.1, 0.15) is 22.8 Å². The number of para-hydroxylation sites is 1. The molecule has 4 nitrogen and oxygen atoms in total. The number of hydrazone groups is 1. The molecular formula is C22H18BrN3O. The second-order valence-electron chi connectivity index (χ2n) is 6.22. The lowest BCUT2D eigenvalue weighted by atomic mass is 10.1. The van der Waals surface area contributed by atoms with Crippen LogP contribution in [-0.4, -0.2) is 16.7 Å². The molecule has 27 heavy (non-hydrogen) atoms. The molecule has 0 spiro atoms. The summed E-state index contributed by atoms with van der Waals surface area (Å²) in [5.74, 6) is -0.248. The van der Waals surface area contributed by atoms with Gasteiger partial charge in [-0.15, -0.1) is 0 Å². The molecule has 0 unspecified atom stereocenters. The molecule has 0 saturated carbocycles. The van der Waals surface area contributed by atoms with E-state index in [2.05, 4.69) is 74.3 Å². The Bertz CT molecular complexity index is 1180. The van der Waals surface area contributed by atoms with Crippen LogP contribution in [0.5, 0.6) is 0 Å². The number of carbonyl (C=O) groups is 1. The molecule has 134 valence electrons. The Labute approximate surface area is 165 Å². The molecule has 0 aliphatic carbocycles. The first-order valence-corrected chi connectivity index (χ1v) is 9.57. The van der Waals surface area contributed by atoms with Crippen molar-refractivity contribution in [3.8, 4) is 0 Å². The lowest BCUT2D eigenvalue weighted by Crippen LogP contribution is -2.18. The Balaban J connectivity index is 1.63. The predicted molar refractivity (Wildman–Crippen MR) is 114 cm³/mol. The fourth-order valence-corrected chi connectivity index (χ4v) is 3.83. The second-order valence-corrected chi connectivity index (χ2v) is 7.07. The van der Waals surface area contributed by atoms with E-state index in [1.807, 2.05) is 24.3 Å². The summed E-state index contributed by atoms with van der Waals surface area (Å²) in [6.07, 6.45) is 1.67. The summed E-state index contributed by atoms with van der Waals surface area (Å²) in [5, 5.41) is 6.53. The molecule has 0 radical (unpaired) electrons. The van der Waals surface area contributed by atoms with Gasteiger partial charge in [-0.1, -0.05) is 36.4 Å². The third-order valence-electron chi connectivity index (χ3n) is 4.61. The highest BCUT2D eigenvalue weighted by atomic mass is 79.9. The van der Waals surface area contributed by atoms with Crippen molar-refractivity contribution in [3.63, 3.8) is 0 Å². The standard InChI is InChI=1S/C22H18BrN3O/c1-2-26-20-10-6-4-7-16(20)18-13-15(11-12-21(18)26)14-24-25-22(27)17-8-3-5-9-19(17)23/h3-14H,2H2,1H3,(H,25,27)/b24-14+. The van der Waals surface area contributed by atoms with Crippen LogP contribution in [-0.2, 0) is 6.54 Å². The summed E-state index contributed by atoms with van der Waals surface area (Å²) in [6, 6.07) is 21.9. The molecule has 1 N–H and O–H groups in total. The van der Waals surface area contributed by atoms with Gasteiger partial charge in [-0.05, 0) is 58.7 Å². The molecule has 4 aromatic rings. The molecule has 0 aliphatic heterocycles. The Hall–Kier alpha value is -2.92. The van der Waals surface area contributed by atoms with E-state index in [4.69, 9.17) is 0 Å². The first-order valence-electron chi connectivity index (χ1n) is 8.78. The summed E-state index contributed by atoms with van der Waals surface area (Å²) >= 11 is 3.38. The number of rotatable bonds is 4. The number of aromatic nitrogens is 1. The van der Waals surface area contributed by atoms with Gasteiger partial charge in [0.2, 0.25) is 0 Å². The Morgan fingerprint density at radius 1 is 1.04 bits per heavy atom. The van der Waals surface area contributed by atoms with Crippen LogP contribution < -0.4 is 5.43 Å². The molecular weight excluding hydrogens is 402 g/mol. The number of amides is 1. The van der Waals surface area contributed by atoms with Crippen LogP contribution in [0.2, 0.25) is 0 Å². The van der Waals surface area contributed by atoms with Crippen molar-refractivity contribution in [2.75, 3.05) is 0 Å². The highest BCUT2D eigenvalue weighted by Crippen LogP contribution is 2.29. The maximum atomic E-state index is 12.2. The first kappa shape index (κ1) is 17.5. The first-order chi connectivity index (χ1) is 13.2. The van der Waals surface area contributed by atoms with Crippen molar-refractivity contribution < 1.29 is 4.79 Å². The molecule has 1 aromatic heterocycles. The zero-order chi connectivity index (χ0) is 18.8. The third kappa shape index (κ3) is 3.26. The zero-order valence-corrected chi connectivity index (χ0v) is 16.4. The summed E-state index contributed by atoms with van der Waals surface area (Å²) in [4.78, 5) is 12.2. The molecule has 4 rings (SSSR count). The van der Waals surface area contributed by atoms with Crippen molar-refractivity contribution in [2.24, 2.45) is 5.10 Å². The van der Waals surface area contributed by atoms with Crippen LogP contribution in [0.15, 0.2) is 76.3 Å². The van der Waals surface area contributed by atoms with Gasteiger partial charge in [-0.25, -0.2) is 5.43 Å². The van der Waals surface area contributed by atoms with Crippen LogP contribution >= 0.6 is 15.9 Å². The fourth-order valence-electron chi connectivity index (χ4n) is 3.36. The summed E-state index contributed by atoms with van der Waals surface area (Å²) in [6.45, 7) is 3.07. The van der Waals surface area contributed by atoms with E-state index in [9.17, 15) is 4.79 Å². The largest absolute Gasteiger partial charge is 0.341 e. The lowest BCUT2D eigenvalue weighted by Gasteiger charge is -2.03. The van der Waals surface area contributed by atoms with Gasteiger partial charge in [0.25, 0.3) is 5.91 Å². The molecule has 0 saturated heterocycles. The van der Waals surface area contributed by atoms with Gasteiger partial charge in [0.1, 0.15) is 0 Å². The van der Waals surface area contributed by atoms with Gasteiger partial charge in [-0.3, -0.25) is 4.79 Å². The van der Waals surface area contributed by atoms with Crippen molar-refractivity contribution >= 4 is 49.9 Å². The van der Waals surface area contributed by atoms with E-state index >= 15 is 0 Å². The van der Waals surface area contributed by atoms with Crippen molar-refractivity contribution in [1.82, 2.24) is 9.99 Å². The Morgan fingerprint density at radius 3 is 2.59 bits per heavy atom. The maximum Gasteiger partial charge on any atom is 0.272 e. The predicted octanol–water partition coefficient (Wildman–Crippen LogP) is 5.34. The van der Waals surface area contributed by atoms with Crippen LogP contribution in [0, 0.1) is 0 Å². The highest BCUT2D eigenvalue weighted by Gasteiger charge is 2.10. The van der Waals surface area contributed by atoms with E-state index in [0.29, 0.717) is 5.56 Å².